The molecular formula is C25H25FN4. The molecule has 1 N–H and O–H groups in total. The van der Waals surface area contributed by atoms with Crippen LogP contribution in [-0.4, -0.2) is 35.7 Å². The lowest BCUT2D eigenvalue weighted by atomic mass is 10.0. The molecule has 3 heterocycles. The summed E-state index contributed by atoms with van der Waals surface area (Å²) in [7, 11) is 0. The number of nitrogens with zero attached hydrogens (tertiary/aromatic N) is 3. The minimum Gasteiger partial charge on any atom is -0.367 e. The molecule has 5 heteroatoms. The zero-order valence-corrected chi connectivity index (χ0v) is 17.1. The molecule has 30 heavy (non-hydrogen) atoms. The van der Waals surface area contributed by atoms with Gasteiger partial charge in [-0.15, -0.1) is 0 Å². The number of halogens is 1. The van der Waals surface area contributed by atoms with Gasteiger partial charge in [-0.05, 0) is 42.3 Å². The Balaban J connectivity index is 1.78. The van der Waals surface area contributed by atoms with Gasteiger partial charge in [-0.2, -0.15) is 0 Å². The van der Waals surface area contributed by atoms with Crippen molar-refractivity contribution in [1.29, 1.82) is 0 Å². The molecule has 1 aliphatic heterocycles. The highest BCUT2D eigenvalue weighted by Gasteiger charge is 2.24. The summed E-state index contributed by atoms with van der Waals surface area (Å²) >= 11 is 0. The van der Waals surface area contributed by atoms with Crippen LogP contribution < -0.4 is 10.2 Å². The Morgan fingerprint density at radius 3 is 2.60 bits per heavy atom. The largest absolute Gasteiger partial charge is 0.367 e. The molecule has 1 aliphatic rings. The van der Waals surface area contributed by atoms with Crippen LogP contribution in [0.2, 0.25) is 0 Å². The van der Waals surface area contributed by atoms with Crippen LogP contribution in [0.1, 0.15) is 16.8 Å². The summed E-state index contributed by atoms with van der Waals surface area (Å²) in [6, 6.07) is 17.9. The standard InChI is InChI=1S/C25H25FN4/c1-18-19(6-5-9-22(18)26)16-23-25(29-14-12-27-13-15-29)21-10-11-28-17-24(21)30(23)20-7-3-2-4-8-20/h2-11,17,27H,12-16H2,1H3. The second-order valence-corrected chi connectivity index (χ2v) is 7.80. The van der Waals surface area contributed by atoms with Crippen molar-refractivity contribution in [3.05, 3.63) is 89.6 Å². The summed E-state index contributed by atoms with van der Waals surface area (Å²) in [6.45, 7) is 5.69. The lowest BCUT2D eigenvalue weighted by Crippen LogP contribution is -2.43. The quantitative estimate of drug-likeness (QED) is 0.549. The third kappa shape index (κ3) is 3.25. The fraction of sp³-hybridized carbons (Fsp3) is 0.240. The summed E-state index contributed by atoms with van der Waals surface area (Å²) in [6.07, 6.45) is 4.46. The van der Waals surface area contributed by atoms with Gasteiger partial charge in [-0.25, -0.2) is 4.39 Å². The van der Waals surface area contributed by atoms with Crippen molar-refractivity contribution in [2.75, 3.05) is 31.1 Å². The molecule has 4 aromatic rings. The van der Waals surface area contributed by atoms with Gasteiger partial charge in [0.1, 0.15) is 5.82 Å². The molecule has 0 saturated carbocycles. The summed E-state index contributed by atoms with van der Waals surface area (Å²) in [5.41, 5.74) is 6.33. The first-order valence-corrected chi connectivity index (χ1v) is 10.5. The number of anilines is 1. The smallest absolute Gasteiger partial charge is 0.126 e. The topological polar surface area (TPSA) is 33.1 Å². The van der Waals surface area contributed by atoms with Crippen LogP contribution in [0.15, 0.2) is 67.0 Å². The Kier molecular flexibility index (Phi) is 4.97. The third-order valence-corrected chi connectivity index (χ3v) is 6.02. The van der Waals surface area contributed by atoms with E-state index in [1.54, 1.807) is 6.07 Å². The van der Waals surface area contributed by atoms with Crippen LogP contribution in [0.25, 0.3) is 16.6 Å². The minimum atomic E-state index is -0.153. The first-order valence-electron chi connectivity index (χ1n) is 10.5. The van der Waals surface area contributed by atoms with Gasteiger partial charge < -0.3 is 14.8 Å². The van der Waals surface area contributed by atoms with Gasteiger partial charge in [-0.3, -0.25) is 4.98 Å². The number of para-hydroxylation sites is 1. The molecule has 152 valence electrons. The predicted octanol–water partition coefficient (Wildman–Crippen LogP) is 4.47. The highest BCUT2D eigenvalue weighted by molar-refractivity contribution is 5.96. The van der Waals surface area contributed by atoms with Crippen LogP contribution in [-0.2, 0) is 6.42 Å². The molecule has 0 aliphatic carbocycles. The Bertz CT molecular complexity index is 1180. The van der Waals surface area contributed by atoms with Crippen LogP contribution in [0, 0.1) is 12.7 Å². The van der Waals surface area contributed by atoms with Crippen molar-refractivity contribution in [2.24, 2.45) is 0 Å². The maximum atomic E-state index is 14.3. The molecule has 1 saturated heterocycles. The van der Waals surface area contributed by atoms with E-state index in [-0.39, 0.29) is 5.82 Å². The molecule has 0 radical (unpaired) electrons. The summed E-state index contributed by atoms with van der Waals surface area (Å²) in [4.78, 5) is 6.89. The van der Waals surface area contributed by atoms with Gasteiger partial charge >= 0.3 is 0 Å². The van der Waals surface area contributed by atoms with Crippen molar-refractivity contribution in [3.8, 4) is 5.69 Å². The molecule has 2 aromatic heterocycles. The first kappa shape index (κ1) is 18.8. The van der Waals surface area contributed by atoms with E-state index in [0.717, 1.165) is 42.9 Å². The molecule has 2 aromatic carbocycles. The zero-order chi connectivity index (χ0) is 20.5. The number of pyridine rings is 1. The van der Waals surface area contributed by atoms with E-state index >= 15 is 0 Å². The molecular weight excluding hydrogens is 375 g/mol. The molecule has 4 nitrogen and oxygen atoms in total. The summed E-state index contributed by atoms with van der Waals surface area (Å²) in [5.74, 6) is -0.153. The van der Waals surface area contributed by atoms with E-state index in [0.29, 0.717) is 12.0 Å². The van der Waals surface area contributed by atoms with Crippen LogP contribution in [0.3, 0.4) is 0 Å². The monoisotopic (exact) mass is 400 g/mol. The number of fused-ring (bicyclic) bond motifs is 1. The van der Waals surface area contributed by atoms with E-state index in [2.05, 4.69) is 50.1 Å². The molecule has 0 spiro atoms. The van der Waals surface area contributed by atoms with Crippen molar-refractivity contribution in [1.82, 2.24) is 14.9 Å². The summed E-state index contributed by atoms with van der Waals surface area (Å²) < 4.78 is 16.6. The summed E-state index contributed by atoms with van der Waals surface area (Å²) in [5, 5.41) is 4.64. The lowest BCUT2D eigenvalue weighted by molar-refractivity contribution is 0.588. The van der Waals surface area contributed by atoms with Crippen molar-refractivity contribution in [3.63, 3.8) is 0 Å². The normalized spacial score (nSPS) is 14.4. The van der Waals surface area contributed by atoms with E-state index in [4.69, 9.17) is 0 Å². The second-order valence-electron chi connectivity index (χ2n) is 7.80. The lowest BCUT2D eigenvalue weighted by Gasteiger charge is -2.30. The highest BCUT2D eigenvalue weighted by atomic mass is 19.1. The van der Waals surface area contributed by atoms with Gasteiger partial charge in [0.05, 0.1) is 23.1 Å². The Hall–Kier alpha value is -3.18. The molecule has 0 amide bonds. The van der Waals surface area contributed by atoms with Crippen molar-refractivity contribution >= 4 is 16.6 Å². The second kappa shape index (κ2) is 7.92. The van der Waals surface area contributed by atoms with E-state index in [1.165, 1.54) is 22.8 Å². The Morgan fingerprint density at radius 1 is 1.00 bits per heavy atom. The number of piperazine rings is 1. The van der Waals surface area contributed by atoms with E-state index in [9.17, 15) is 4.39 Å². The van der Waals surface area contributed by atoms with Crippen LogP contribution >= 0.6 is 0 Å². The first-order chi connectivity index (χ1) is 14.7. The Morgan fingerprint density at radius 2 is 1.80 bits per heavy atom. The number of hydrogen-bond acceptors (Lipinski definition) is 3. The number of hydrogen-bond donors (Lipinski definition) is 1. The average Bonchev–Trinajstić information content (AvgIpc) is 3.12. The molecule has 0 bridgehead atoms. The van der Waals surface area contributed by atoms with Gasteiger partial charge in [0.2, 0.25) is 0 Å². The number of benzene rings is 2. The average molecular weight is 401 g/mol. The number of aromatic nitrogens is 2. The molecule has 0 unspecified atom stereocenters. The minimum absolute atomic E-state index is 0.153. The molecule has 1 fully saturated rings. The van der Waals surface area contributed by atoms with Crippen molar-refractivity contribution < 1.29 is 4.39 Å². The fourth-order valence-corrected chi connectivity index (χ4v) is 4.47. The predicted molar refractivity (Wildman–Crippen MR) is 120 cm³/mol. The third-order valence-electron chi connectivity index (χ3n) is 6.02. The maximum Gasteiger partial charge on any atom is 0.126 e. The van der Waals surface area contributed by atoms with Gasteiger partial charge in [0, 0.05) is 49.9 Å². The highest BCUT2D eigenvalue weighted by Crippen LogP contribution is 2.38. The van der Waals surface area contributed by atoms with E-state index in [1.807, 2.05) is 31.5 Å². The fourth-order valence-electron chi connectivity index (χ4n) is 4.47. The molecule has 5 rings (SSSR count). The van der Waals surface area contributed by atoms with Crippen LogP contribution in [0.4, 0.5) is 10.1 Å². The van der Waals surface area contributed by atoms with Gasteiger partial charge in [-0.1, -0.05) is 30.3 Å². The molecule has 0 atom stereocenters. The van der Waals surface area contributed by atoms with Crippen molar-refractivity contribution in [2.45, 2.75) is 13.3 Å². The number of rotatable bonds is 4. The Labute approximate surface area is 176 Å². The van der Waals surface area contributed by atoms with Gasteiger partial charge in [0.15, 0.2) is 0 Å². The zero-order valence-electron chi connectivity index (χ0n) is 17.1. The van der Waals surface area contributed by atoms with E-state index < -0.39 is 0 Å². The van der Waals surface area contributed by atoms with Crippen LogP contribution in [0.5, 0.6) is 0 Å². The van der Waals surface area contributed by atoms with Gasteiger partial charge in [0.25, 0.3) is 0 Å². The SMILES string of the molecule is Cc1c(F)cccc1Cc1c(N2CCNCC2)c2ccncc2n1-c1ccccc1. The maximum absolute atomic E-state index is 14.3. The number of nitrogens with one attached hydrogen (secondary N) is 1.